The van der Waals surface area contributed by atoms with E-state index >= 15 is 0 Å². The molecule has 4 nitrogen and oxygen atoms in total. The maximum absolute atomic E-state index is 12.2. The first-order valence-electron chi connectivity index (χ1n) is 7.16. The van der Waals surface area contributed by atoms with Crippen molar-refractivity contribution in [3.63, 3.8) is 0 Å². The molecule has 2 aliphatic rings. The van der Waals surface area contributed by atoms with Gasteiger partial charge in [0.15, 0.2) is 0 Å². The first kappa shape index (κ1) is 13.8. The third-order valence-corrected chi connectivity index (χ3v) is 4.77. The minimum absolute atomic E-state index is 0.145. The molecule has 2 aliphatic heterocycles. The maximum Gasteiger partial charge on any atom is 0.239 e. The number of nitrogens with zero attached hydrogens (tertiary/aromatic N) is 2. The first-order valence-corrected chi connectivity index (χ1v) is 7.16. The van der Waals surface area contributed by atoms with Gasteiger partial charge in [0.2, 0.25) is 5.91 Å². The van der Waals surface area contributed by atoms with Gasteiger partial charge in [-0.25, -0.2) is 0 Å². The Bertz CT molecular complexity index is 308. The molecule has 0 unspecified atom stereocenters. The number of nitrogens with two attached hydrogens (primary N) is 1. The molecule has 4 heteroatoms. The predicted octanol–water partition coefficient (Wildman–Crippen LogP) is 0.914. The molecule has 1 spiro atoms. The van der Waals surface area contributed by atoms with Crippen molar-refractivity contribution in [2.24, 2.45) is 17.1 Å². The highest BCUT2D eigenvalue weighted by Crippen LogP contribution is 2.39. The summed E-state index contributed by atoms with van der Waals surface area (Å²) in [6.07, 6.45) is 3.59. The van der Waals surface area contributed by atoms with Gasteiger partial charge in [0.05, 0.1) is 6.04 Å². The van der Waals surface area contributed by atoms with Crippen molar-refractivity contribution in [2.75, 3.05) is 33.2 Å². The number of carbonyl (C=O) groups is 1. The second-order valence-corrected chi connectivity index (χ2v) is 6.58. The van der Waals surface area contributed by atoms with Crippen molar-refractivity contribution in [3.05, 3.63) is 0 Å². The van der Waals surface area contributed by atoms with E-state index in [9.17, 15) is 4.79 Å². The molecule has 0 bridgehead atoms. The fraction of sp³-hybridized carbons (Fsp3) is 0.929. The third-order valence-electron chi connectivity index (χ3n) is 4.77. The van der Waals surface area contributed by atoms with E-state index in [2.05, 4.69) is 11.9 Å². The van der Waals surface area contributed by atoms with Crippen LogP contribution in [0.25, 0.3) is 0 Å². The van der Waals surface area contributed by atoms with Crippen LogP contribution in [0.1, 0.15) is 33.1 Å². The second kappa shape index (κ2) is 5.17. The van der Waals surface area contributed by atoms with E-state index in [4.69, 9.17) is 5.73 Å². The Morgan fingerprint density at radius 2 is 1.72 bits per heavy atom. The van der Waals surface area contributed by atoms with E-state index < -0.39 is 0 Å². The Morgan fingerprint density at radius 1 is 1.17 bits per heavy atom. The zero-order valence-corrected chi connectivity index (χ0v) is 12.0. The van der Waals surface area contributed by atoms with Gasteiger partial charge in [0, 0.05) is 19.6 Å². The van der Waals surface area contributed by atoms with Crippen molar-refractivity contribution >= 4 is 5.91 Å². The number of piperidine rings is 1. The van der Waals surface area contributed by atoms with Crippen LogP contribution < -0.4 is 5.73 Å². The van der Waals surface area contributed by atoms with Gasteiger partial charge < -0.3 is 15.5 Å². The lowest BCUT2D eigenvalue weighted by molar-refractivity contribution is -0.135. The smallest absolute Gasteiger partial charge is 0.239 e. The summed E-state index contributed by atoms with van der Waals surface area (Å²) in [5, 5.41) is 0. The Morgan fingerprint density at radius 3 is 2.17 bits per heavy atom. The lowest BCUT2D eigenvalue weighted by Crippen LogP contribution is -2.51. The van der Waals surface area contributed by atoms with Crippen molar-refractivity contribution in [2.45, 2.75) is 39.2 Å². The molecule has 0 aromatic rings. The quantitative estimate of drug-likeness (QED) is 0.796. The summed E-state index contributed by atoms with van der Waals surface area (Å²) in [6.45, 7) is 8.23. The minimum Gasteiger partial charge on any atom is -0.341 e. The van der Waals surface area contributed by atoms with Crippen LogP contribution in [-0.2, 0) is 4.79 Å². The van der Waals surface area contributed by atoms with Crippen LogP contribution in [-0.4, -0.2) is 55.0 Å². The maximum atomic E-state index is 12.2. The van der Waals surface area contributed by atoms with Crippen molar-refractivity contribution in [3.8, 4) is 0 Å². The highest BCUT2D eigenvalue weighted by atomic mass is 16.2. The summed E-state index contributed by atoms with van der Waals surface area (Å²) in [6, 6.07) is -0.328. The summed E-state index contributed by atoms with van der Waals surface area (Å²) < 4.78 is 0. The Hall–Kier alpha value is -0.610. The lowest BCUT2D eigenvalue weighted by Gasteiger charge is -2.40. The highest BCUT2D eigenvalue weighted by Gasteiger charge is 2.40. The number of hydrogen-bond acceptors (Lipinski definition) is 3. The molecule has 18 heavy (non-hydrogen) atoms. The van der Waals surface area contributed by atoms with E-state index in [1.54, 1.807) is 0 Å². The van der Waals surface area contributed by atoms with E-state index in [0.717, 1.165) is 25.9 Å². The molecule has 0 aliphatic carbocycles. The lowest BCUT2D eigenvalue weighted by atomic mass is 9.77. The van der Waals surface area contributed by atoms with Gasteiger partial charge in [-0.15, -0.1) is 0 Å². The van der Waals surface area contributed by atoms with Gasteiger partial charge in [-0.05, 0) is 44.2 Å². The normalized spacial score (nSPS) is 25.9. The van der Waals surface area contributed by atoms with Crippen molar-refractivity contribution in [1.29, 1.82) is 0 Å². The average molecular weight is 253 g/mol. The molecular weight excluding hydrogens is 226 g/mol. The first-order chi connectivity index (χ1) is 8.43. The summed E-state index contributed by atoms with van der Waals surface area (Å²) in [5.41, 5.74) is 6.44. The Labute approximate surface area is 110 Å². The molecule has 1 atom stereocenters. The summed E-state index contributed by atoms with van der Waals surface area (Å²) in [7, 11) is 2.20. The molecular formula is C14H27N3O. The van der Waals surface area contributed by atoms with Crippen LogP contribution in [0.15, 0.2) is 0 Å². The largest absolute Gasteiger partial charge is 0.341 e. The van der Waals surface area contributed by atoms with Gasteiger partial charge in [0.1, 0.15) is 0 Å². The molecule has 104 valence electrons. The van der Waals surface area contributed by atoms with E-state index in [0.29, 0.717) is 5.41 Å². The van der Waals surface area contributed by atoms with Crippen molar-refractivity contribution < 1.29 is 4.79 Å². The zero-order chi connectivity index (χ0) is 13.3. The van der Waals surface area contributed by atoms with Crippen LogP contribution in [0, 0.1) is 11.3 Å². The number of carbonyl (C=O) groups excluding carboxylic acids is 1. The number of rotatable bonds is 2. The van der Waals surface area contributed by atoms with Crippen LogP contribution in [0.5, 0.6) is 0 Å². The topological polar surface area (TPSA) is 49.6 Å². The van der Waals surface area contributed by atoms with Gasteiger partial charge in [0.25, 0.3) is 0 Å². The van der Waals surface area contributed by atoms with Crippen LogP contribution in [0.4, 0.5) is 0 Å². The summed E-state index contributed by atoms with van der Waals surface area (Å²) >= 11 is 0. The summed E-state index contributed by atoms with van der Waals surface area (Å²) in [5.74, 6) is 0.372. The molecule has 1 amide bonds. The number of hydrogen-bond donors (Lipinski definition) is 1. The number of amides is 1. The third kappa shape index (κ3) is 2.69. The summed E-state index contributed by atoms with van der Waals surface area (Å²) in [4.78, 5) is 16.6. The van der Waals surface area contributed by atoms with E-state index in [1.807, 2.05) is 18.7 Å². The monoisotopic (exact) mass is 253 g/mol. The predicted molar refractivity (Wildman–Crippen MR) is 73.2 cm³/mol. The molecule has 0 radical (unpaired) electrons. The fourth-order valence-corrected chi connectivity index (χ4v) is 3.26. The molecule has 2 N–H and O–H groups in total. The number of likely N-dealkylation sites (tertiary alicyclic amines) is 2. The zero-order valence-electron chi connectivity index (χ0n) is 12.0. The molecule has 2 heterocycles. The van der Waals surface area contributed by atoms with Crippen LogP contribution in [0.2, 0.25) is 0 Å². The van der Waals surface area contributed by atoms with E-state index in [-0.39, 0.29) is 17.9 Å². The highest BCUT2D eigenvalue weighted by molar-refractivity contribution is 5.82. The standard InChI is InChI=1S/C14H27N3O/c1-11(2)12(15)13(18)17-8-5-14(6-9-17)4-7-16(3)10-14/h11-12H,4-10,15H2,1-3H3/t12-/m0/s1. The molecule has 2 saturated heterocycles. The van der Waals surface area contributed by atoms with Crippen LogP contribution >= 0.6 is 0 Å². The minimum atomic E-state index is -0.328. The van der Waals surface area contributed by atoms with Crippen molar-refractivity contribution in [1.82, 2.24) is 9.80 Å². The van der Waals surface area contributed by atoms with Gasteiger partial charge >= 0.3 is 0 Å². The van der Waals surface area contributed by atoms with Gasteiger partial charge in [-0.2, -0.15) is 0 Å². The average Bonchev–Trinajstić information content (AvgIpc) is 2.70. The second-order valence-electron chi connectivity index (χ2n) is 6.58. The Balaban J connectivity index is 1.89. The van der Waals surface area contributed by atoms with Gasteiger partial charge in [-0.3, -0.25) is 4.79 Å². The SMILES string of the molecule is CC(C)[C@H](N)C(=O)N1CCC2(CCN(C)C2)CC1. The molecule has 0 saturated carbocycles. The van der Waals surface area contributed by atoms with Gasteiger partial charge in [-0.1, -0.05) is 13.8 Å². The fourth-order valence-electron chi connectivity index (χ4n) is 3.26. The van der Waals surface area contributed by atoms with Crippen LogP contribution in [0.3, 0.4) is 0 Å². The Kier molecular flexibility index (Phi) is 3.97. The van der Waals surface area contributed by atoms with E-state index in [1.165, 1.54) is 19.5 Å². The molecule has 0 aromatic heterocycles. The molecule has 2 fully saturated rings. The molecule has 2 rings (SSSR count). The molecule has 0 aromatic carbocycles.